The van der Waals surface area contributed by atoms with Gasteiger partial charge in [-0.25, -0.2) is 8.42 Å². The van der Waals surface area contributed by atoms with Crippen molar-refractivity contribution in [2.24, 2.45) is 0 Å². The Hall–Kier alpha value is -1.40. The van der Waals surface area contributed by atoms with Crippen LogP contribution in [0.5, 0.6) is 0 Å². The Morgan fingerprint density at radius 2 is 1.77 bits per heavy atom. The Kier molecular flexibility index (Phi) is 4.23. The van der Waals surface area contributed by atoms with Crippen molar-refractivity contribution >= 4 is 15.7 Å². The summed E-state index contributed by atoms with van der Waals surface area (Å²) in [4.78, 5) is 12.6. The van der Waals surface area contributed by atoms with Crippen LogP contribution in [-0.2, 0) is 9.84 Å². The van der Waals surface area contributed by atoms with E-state index in [1.165, 1.54) is 25.0 Å². The molecule has 2 fully saturated rings. The number of sulfone groups is 1. The maximum Gasteiger partial charge on any atom is 0.251 e. The molecule has 2 aliphatic rings. The van der Waals surface area contributed by atoms with Gasteiger partial charge in [0.25, 0.3) is 5.91 Å². The first-order chi connectivity index (χ1) is 10.5. The van der Waals surface area contributed by atoms with E-state index in [2.05, 4.69) is 10.6 Å². The van der Waals surface area contributed by atoms with Crippen molar-refractivity contribution in [1.82, 2.24) is 10.6 Å². The molecule has 5 nitrogen and oxygen atoms in total. The Balaban J connectivity index is 1.65. The zero-order valence-electron chi connectivity index (χ0n) is 12.7. The van der Waals surface area contributed by atoms with Crippen molar-refractivity contribution in [2.45, 2.75) is 55.6 Å². The van der Waals surface area contributed by atoms with Gasteiger partial charge in [-0.3, -0.25) is 4.79 Å². The molecule has 2 bridgehead atoms. The molecule has 2 unspecified atom stereocenters. The summed E-state index contributed by atoms with van der Waals surface area (Å²) in [7, 11) is -3.21. The molecule has 1 amide bonds. The molecule has 0 aromatic heterocycles. The van der Waals surface area contributed by atoms with Crippen LogP contribution in [-0.4, -0.2) is 38.2 Å². The van der Waals surface area contributed by atoms with Crippen LogP contribution in [0.4, 0.5) is 0 Å². The third-order valence-corrected chi connectivity index (χ3v) is 6.41. The summed E-state index contributed by atoms with van der Waals surface area (Å²) in [5.41, 5.74) is 0.515. The van der Waals surface area contributed by atoms with Gasteiger partial charge in [0.15, 0.2) is 9.84 Å². The van der Waals surface area contributed by atoms with Gasteiger partial charge in [-0.2, -0.15) is 0 Å². The Bertz CT molecular complexity index is 642. The molecule has 3 rings (SSSR count). The van der Waals surface area contributed by atoms with Crippen LogP contribution in [0, 0.1) is 0 Å². The third-order valence-electron chi connectivity index (χ3n) is 4.66. The zero-order valence-corrected chi connectivity index (χ0v) is 13.5. The molecule has 2 atom stereocenters. The summed E-state index contributed by atoms with van der Waals surface area (Å²) in [6, 6.07) is 7.48. The van der Waals surface area contributed by atoms with Crippen molar-refractivity contribution in [2.75, 3.05) is 5.75 Å². The lowest BCUT2D eigenvalue weighted by atomic mass is 9.99. The monoisotopic (exact) mass is 322 g/mol. The second-order valence-electron chi connectivity index (χ2n) is 6.21. The molecule has 0 saturated carbocycles. The average Bonchev–Trinajstić information content (AvgIpc) is 2.86. The van der Waals surface area contributed by atoms with Crippen molar-refractivity contribution in [3.63, 3.8) is 0 Å². The van der Waals surface area contributed by atoms with E-state index in [4.69, 9.17) is 0 Å². The normalized spacial score (nSPS) is 27.6. The zero-order chi connectivity index (χ0) is 15.7. The van der Waals surface area contributed by atoms with E-state index in [0.717, 1.165) is 12.8 Å². The van der Waals surface area contributed by atoms with Gasteiger partial charge >= 0.3 is 0 Å². The van der Waals surface area contributed by atoms with Crippen molar-refractivity contribution < 1.29 is 13.2 Å². The highest BCUT2D eigenvalue weighted by atomic mass is 32.2. The molecule has 120 valence electrons. The first kappa shape index (κ1) is 15.5. The molecule has 2 N–H and O–H groups in total. The SMILES string of the molecule is CCS(=O)(=O)c1ccc(C(=O)NC2CC3CCC(C2)N3)cc1. The topological polar surface area (TPSA) is 75.3 Å². The van der Waals surface area contributed by atoms with Gasteiger partial charge in [0.2, 0.25) is 0 Å². The largest absolute Gasteiger partial charge is 0.349 e. The number of rotatable bonds is 4. The number of fused-ring (bicyclic) bond motifs is 2. The number of nitrogens with one attached hydrogen (secondary N) is 2. The first-order valence-electron chi connectivity index (χ1n) is 7.87. The maximum absolute atomic E-state index is 12.3. The third kappa shape index (κ3) is 3.17. The van der Waals surface area contributed by atoms with Crippen LogP contribution in [0.1, 0.15) is 43.0 Å². The molecule has 1 aromatic carbocycles. The first-order valence-corrected chi connectivity index (χ1v) is 9.53. The number of hydrogen-bond acceptors (Lipinski definition) is 4. The average molecular weight is 322 g/mol. The summed E-state index contributed by atoms with van der Waals surface area (Å²) in [6.45, 7) is 1.61. The van der Waals surface area contributed by atoms with E-state index in [9.17, 15) is 13.2 Å². The molecule has 0 spiro atoms. The van der Waals surface area contributed by atoms with E-state index in [1.807, 2.05) is 0 Å². The van der Waals surface area contributed by atoms with Gasteiger partial charge in [0.05, 0.1) is 10.6 Å². The van der Waals surface area contributed by atoms with Crippen molar-refractivity contribution in [3.8, 4) is 0 Å². The smallest absolute Gasteiger partial charge is 0.251 e. The summed E-state index contributed by atoms with van der Waals surface area (Å²) in [5, 5.41) is 6.63. The number of carbonyl (C=O) groups excluding carboxylic acids is 1. The number of amides is 1. The molecule has 6 heteroatoms. The van der Waals surface area contributed by atoms with E-state index in [-0.39, 0.29) is 22.6 Å². The lowest BCUT2D eigenvalue weighted by Crippen LogP contribution is -2.48. The van der Waals surface area contributed by atoms with E-state index in [0.29, 0.717) is 17.6 Å². The molecule has 22 heavy (non-hydrogen) atoms. The second-order valence-corrected chi connectivity index (χ2v) is 8.49. The lowest BCUT2D eigenvalue weighted by Gasteiger charge is -2.29. The van der Waals surface area contributed by atoms with Crippen LogP contribution in [0.2, 0.25) is 0 Å². The van der Waals surface area contributed by atoms with Gasteiger partial charge < -0.3 is 10.6 Å². The fourth-order valence-electron chi connectivity index (χ4n) is 3.42. The highest BCUT2D eigenvalue weighted by Crippen LogP contribution is 2.27. The van der Waals surface area contributed by atoms with Gasteiger partial charge in [0.1, 0.15) is 0 Å². The highest BCUT2D eigenvalue weighted by molar-refractivity contribution is 7.91. The Morgan fingerprint density at radius 1 is 1.18 bits per heavy atom. The molecule has 0 radical (unpaired) electrons. The van der Waals surface area contributed by atoms with Gasteiger partial charge in [-0.05, 0) is 49.9 Å². The fourth-order valence-corrected chi connectivity index (χ4v) is 4.31. The quantitative estimate of drug-likeness (QED) is 0.881. The second kappa shape index (κ2) is 6.01. The molecular formula is C16H22N2O3S. The maximum atomic E-state index is 12.3. The van der Waals surface area contributed by atoms with E-state index < -0.39 is 9.84 Å². The molecule has 2 heterocycles. The highest BCUT2D eigenvalue weighted by Gasteiger charge is 2.34. The summed E-state index contributed by atoms with van der Waals surface area (Å²) in [5.74, 6) is -0.0529. The number of benzene rings is 1. The van der Waals surface area contributed by atoms with Gasteiger partial charge in [0, 0.05) is 23.7 Å². The lowest BCUT2D eigenvalue weighted by molar-refractivity contribution is 0.0924. The fraction of sp³-hybridized carbons (Fsp3) is 0.562. The molecule has 2 saturated heterocycles. The summed E-state index contributed by atoms with van der Waals surface area (Å²) >= 11 is 0. The van der Waals surface area contributed by atoms with Crippen LogP contribution in [0.3, 0.4) is 0 Å². The molecule has 2 aliphatic heterocycles. The standard InChI is InChI=1S/C16H22N2O3S/c1-2-22(20,21)15-7-3-11(4-8-15)16(19)18-14-9-12-5-6-13(10-14)17-12/h3-4,7-8,12-14,17H,2,5-6,9-10H2,1H3,(H,18,19). The van der Waals surface area contributed by atoms with E-state index >= 15 is 0 Å². The van der Waals surface area contributed by atoms with Gasteiger partial charge in [-0.15, -0.1) is 0 Å². The Morgan fingerprint density at radius 3 is 2.32 bits per heavy atom. The Labute approximate surface area is 131 Å². The molecular weight excluding hydrogens is 300 g/mol. The summed E-state index contributed by atoms with van der Waals surface area (Å²) < 4.78 is 23.5. The van der Waals surface area contributed by atoms with Crippen LogP contribution in [0.15, 0.2) is 29.2 Å². The minimum atomic E-state index is -3.21. The number of hydrogen-bond donors (Lipinski definition) is 2. The predicted molar refractivity (Wildman–Crippen MR) is 84.6 cm³/mol. The minimum absolute atomic E-state index is 0.0659. The summed E-state index contributed by atoms with van der Waals surface area (Å²) in [6.07, 6.45) is 4.34. The molecule has 1 aromatic rings. The number of carbonyl (C=O) groups is 1. The van der Waals surface area contributed by atoms with Crippen molar-refractivity contribution in [3.05, 3.63) is 29.8 Å². The van der Waals surface area contributed by atoms with Crippen LogP contribution >= 0.6 is 0 Å². The van der Waals surface area contributed by atoms with E-state index in [1.54, 1.807) is 19.1 Å². The van der Waals surface area contributed by atoms with Crippen LogP contribution < -0.4 is 10.6 Å². The van der Waals surface area contributed by atoms with Crippen LogP contribution in [0.25, 0.3) is 0 Å². The molecule has 0 aliphatic carbocycles. The van der Waals surface area contributed by atoms with Crippen molar-refractivity contribution in [1.29, 1.82) is 0 Å². The predicted octanol–water partition coefficient (Wildman–Crippen LogP) is 1.49. The number of piperidine rings is 1. The van der Waals surface area contributed by atoms with Gasteiger partial charge in [-0.1, -0.05) is 6.92 Å². The minimum Gasteiger partial charge on any atom is -0.349 e.